The van der Waals surface area contributed by atoms with E-state index < -0.39 is 0 Å². The number of methoxy groups -OCH3 is 1. The van der Waals surface area contributed by atoms with E-state index in [0.29, 0.717) is 0 Å². The van der Waals surface area contributed by atoms with Crippen molar-refractivity contribution in [1.82, 2.24) is 9.55 Å². The Bertz CT molecular complexity index is 735. The van der Waals surface area contributed by atoms with Crippen LogP contribution in [0.2, 0.25) is 0 Å². The molecule has 106 valence electrons. The maximum absolute atomic E-state index is 5.28. The van der Waals surface area contributed by atoms with Gasteiger partial charge in [0.2, 0.25) is 0 Å². The fraction of sp³-hybridized carbons (Fsp3) is 0.118. The number of hydrogen-bond acceptors (Lipinski definition) is 2. The minimum Gasteiger partial charge on any atom is -0.497 e. The van der Waals surface area contributed by atoms with Gasteiger partial charge in [0.15, 0.2) is 0 Å². The molecule has 0 spiro atoms. The van der Waals surface area contributed by atoms with E-state index in [9.17, 15) is 0 Å². The summed E-state index contributed by atoms with van der Waals surface area (Å²) in [6.45, 7) is 0.791. The van der Waals surface area contributed by atoms with Gasteiger partial charge in [-0.2, -0.15) is 0 Å². The topological polar surface area (TPSA) is 27.1 Å². The molecule has 2 aromatic carbocycles. The van der Waals surface area contributed by atoms with Gasteiger partial charge in [-0.3, -0.25) is 0 Å². The second-order valence-electron chi connectivity index (χ2n) is 4.74. The largest absolute Gasteiger partial charge is 0.497 e. The molecule has 3 rings (SSSR count). The summed E-state index contributed by atoms with van der Waals surface area (Å²) in [5.41, 5.74) is 2.29. The highest BCUT2D eigenvalue weighted by Gasteiger charge is 2.07. The molecule has 0 radical (unpaired) electrons. The van der Waals surface area contributed by atoms with Crippen molar-refractivity contribution in [2.75, 3.05) is 7.11 Å². The van der Waals surface area contributed by atoms with Crippen molar-refractivity contribution >= 4 is 15.9 Å². The summed E-state index contributed by atoms with van der Waals surface area (Å²) in [6.07, 6.45) is 3.82. The Labute approximate surface area is 132 Å². The Morgan fingerprint density at radius 1 is 1.14 bits per heavy atom. The number of halogens is 1. The summed E-state index contributed by atoms with van der Waals surface area (Å²) < 4.78 is 8.51. The van der Waals surface area contributed by atoms with Crippen molar-refractivity contribution in [2.45, 2.75) is 6.54 Å². The number of ether oxygens (including phenoxy) is 1. The van der Waals surface area contributed by atoms with Crippen molar-refractivity contribution < 1.29 is 4.74 Å². The van der Waals surface area contributed by atoms with Gasteiger partial charge in [0.25, 0.3) is 0 Å². The highest BCUT2D eigenvalue weighted by Crippen LogP contribution is 2.23. The second kappa shape index (κ2) is 6.14. The van der Waals surface area contributed by atoms with E-state index in [1.807, 2.05) is 36.7 Å². The summed E-state index contributed by atoms with van der Waals surface area (Å²) in [5, 5.41) is 0. The third kappa shape index (κ3) is 3.16. The molecule has 0 amide bonds. The zero-order valence-corrected chi connectivity index (χ0v) is 13.2. The SMILES string of the molecule is COc1cccc(-c2nccn2Cc2ccc(Br)cc2)c1. The normalized spacial score (nSPS) is 10.6. The van der Waals surface area contributed by atoms with Crippen LogP contribution < -0.4 is 4.74 Å². The Hall–Kier alpha value is -2.07. The van der Waals surface area contributed by atoms with Crippen LogP contribution in [0.25, 0.3) is 11.4 Å². The fourth-order valence-corrected chi connectivity index (χ4v) is 2.51. The van der Waals surface area contributed by atoms with Crippen LogP contribution in [0.3, 0.4) is 0 Å². The van der Waals surface area contributed by atoms with Gasteiger partial charge in [-0.1, -0.05) is 40.2 Å². The number of benzene rings is 2. The molecule has 3 aromatic rings. The molecule has 0 aliphatic heterocycles. The van der Waals surface area contributed by atoms with Crippen molar-refractivity contribution in [3.63, 3.8) is 0 Å². The van der Waals surface area contributed by atoms with Crippen molar-refractivity contribution in [1.29, 1.82) is 0 Å². The average molecular weight is 343 g/mol. The summed E-state index contributed by atoms with van der Waals surface area (Å²) >= 11 is 3.46. The van der Waals surface area contributed by atoms with Gasteiger partial charge in [-0.05, 0) is 29.8 Å². The summed E-state index contributed by atoms with van der Waals surface area (Å²) in [4.78, 5) is 4.47. The van der Waals surface area contributed by atoms with Gasteiger partial charge in [-0.15, -0.1) is 0 Å². The van der Waals surface area contributed by atoms with E-state index >= 15 is 0 Å². The minimum atomic E-state index is 0.791. The summed E-state index contributed by atoms with van der Waals surface area (Å²) in [6, 6.07) is 16.3. The maximum Gasteiger partial charge on any atom is 0.140 e. The fourth-order valence-electron chi connectivity index (χ4n) is 2.25. The molecule has 0 fully saturated rings. The number of hydrogen-bond donors (Lipinski definition) is 0. The zero-order valence-electron chi connectivity index (χ0n) is 11.7. The Kier molecular flexibility index (Phi) is 4.06. The molecule has 1 aromatic heterocycles. The molecule has 3 nitrogen and oxygen atoms in total. The molecule has 0 atom stereocenters. The van der Waals surface area contributed by atoms with Gasteiger partial charge in [0, 0.05) is 29.0 Å². The molecular formula is C17H15BrN2O. The van der Waals surface area contributed by atoms with Crippen LogP contribution in [0.4, 0.5) is 0 Å². The summed E-state index contributed by atoms with van der Waals surface area (Å²) in [7, 11) is 1.67. The molecule has 0 saturated carbocycles. The monoisotopic (exact) mass is 342 g/mol. The molecule has 21 heavy (non-hydrogen) atoms. The number of nitrogens with zero attached hydrogens (tertiary/aromatic N) is 2. The van der Waals surface area contributed by atoms with E-state index in [1.54, 1.807) is 7.11 Å². The van der Waals surface area contributed by atoms with Gasteiger partial charge in [0.1, 0.15) is 11.6 Å². The molecule has 0 saturated heterocycles. The standard InChI is InChI=1S/C17H15BrN2O/c1-21-16-4-2-3-14(11-16)17-19-9-10-20(17)12-13-5-7-15(18)8-6-13/h2-11H,12H2,1H3. The lowest BCUT2D eigenvalue weighted by molar-refractivity contribution is 0.415. The van der Waals surface area contributed by atoms with E-state index in [0.717, 1.165) is 28.2 Å². The Balaban J connectivity index is 1.91. The number of imidazole rings is 1. The van der Waals surface area contributed by atoms with E-state index in [2.05, 4.69) is 49.7 Å². The smallest absolute Gasteiger partial charge is 0.140 e. The molecule has 4 heteroatoms. The van der Waals surface area contributed by atoms with Crippen molar-refractivity contribution in [3.8, 4) is 17.1 Å². The molecule has 1 heterocycles. The van der Waals surface area contributed by atoms with E-state index in [1.165, 1.54) is 5.56 Å². The highest BCUT2D eigenvalue weighted by molar-refractivity contribution is 9.10. The maximum atomic E-state index is 5.28. The van der Waals surface area contributed by atoms with Crippen LogP contribution in [0.5, 0.6) is 5.75 Å². The second-order valence-corrected chi connectivity index (χ2v) is 5.65. The molecule has 0 aliphatic rings. The molecule has 0 unspecified atom stereocenters. The first-order valence-corrected chi connectivity index (χ1v) is 7.45. The minimum absolute atomic E-state index is 0.791. The van der Waals surface area contributed by atoms with Crippen LogP contribution in [0.15, 0.2) is 65.4 Å². The van der Waals surface area contributed by atoms with Crippen LogP contribution in [-0.4, -0.2) is 16.7 Å². The first-order chi connectivity index (χ1) is 10.3. The molecule has 0 bridgehead atoms. The molecule has 0 aliphatic carbocycles. The lowest BCUT2D eigenvalue weighted by atomic mass is 10.2. The van der Waals surface area contributed by atoms with Crippen LogP contribution in [0, 0.1) is 0 Å². The van der Waals surface area contributed by atoms with Gasteiger partial charge < -0.3 is 9.30 Å². The quantitative estimate of drug-likeness (QED) is 0.703. The number of rotatable bonds is 4. The van der Waals surface area contributed by atoms with Crippen molar-refractivity contribution in [2.24, 2.45) is 0 Å². The Morgan fingerprint density at radius 3 is 2.71 bits per heavy atom. The zero-order chi connectivity index (χ0) is 14.7. The predicted molar refractivity (Wildman–Crippen MR) is 87.5 cm³/mol. The van der Waals surface area contributed by atoms with Gasteiger partial charge in [0.05, 0.1) is 7.11 Å². The van der Waals surface area contributed by atoms with Crippen molar-refractivity contribution in [3.05, 3.63) is 71.0 Å². The first kappa shape index (κ1) is 13.9. The van der Waals surface area contributed by atoms with Crippen LogP contribution >= 0.6 is 15.9 Å². The molecule has 0 N–H and O–H groups in total. The van der Waals surface area contributed by atoms with E-state index in [4.69, 9.17) is 4.74 Å². The third-order valence-electron chi connectivity index (χ3n) is 3.31. The highest BCUT2D eigenvalue weighted by atomic mass is 79.9. The van der Waals surface area contributed by atoms with Gasteiger partial charge >= 0.3 is 0 Å². The van der Waals surface area contributed by atoms with Gasteiger partial charge in [-0.25, -0.2) is 4.98 Å². The predicted octanol–water partition coefficient (Wildman–Crippen LogP) is 4.37. The Morgan fingerprint density at radius 2 is 1.95 bits per heavy atom. The lowest BCUT2D eigenvalue weighted by Gasteiger charge is -2.09. The average Bonchev–Trinajstić information content (AvgIpc) is 2.98. The summed E-state index contributed by atoms with van der Waals surface area (Å²) in [5.74, 6) is 1.78. The van der Waals surface area contributed by atoms with Crippen LogP contribution in [0.1, 0.15) is 5.56 Å². The van der Waals surface area contributed by atoms with E-state index in [-0.39, 0.29) is 0 Å². The van der Waals surface area contributed by atoms with Crippen LogP contribution in [-0.2, 0) is 6.54 Å². The first-order valence-electron chi connectivity index (χ1n) is 6.66. The lowest BCUT2D eigenvalue weighted by Crippen LogP contribution is -2.01. The molecular weight excluding hydrogens is 328 g/mol. The third-order valence-corrected chi connectivity index (χ3v) is 3.84. The number of aromatic nitrogens is 2.